The number of nitrogens with zero attached hydrogens (tertiary/aromatic N) is 1. The number of para-hydroxylation sites is 1. The van der Waals surface area contributed by atoms with Gasteiger partial charge in [-0.2, -0.15) is 0 Å². The largest absolute Gasteiger partial charge is 0.449 e. The SMILES string of the molecule is CCCN(CCC)C(=O)c1oc2ccccc2c1N. The van der Waals surface area contributed by atoms with Crippen LogP contribution in [0.3, 0.4) is 0 Å². The van der Waals surface area contributed by atoms with Crippen LogP contribution in [-0.4, -0.2) is 23.9 Å². The molecule has 0 aliphatic rings. The van der Waals surface area contributed by atoms with E-state index in [1.54, 1.807) is 4.90 Å². The van der Waals surface area contributed by atoms with Crippen LogP contribution in [0, 0.1) is 0 Å². The number of benzene rings is 1. The summed E-state index contributed by atoms with van der Waals surface area (Å²) in [4.78, 5) is 14.3. The fraction of sp³-hybridized carbons (Fsp3) is 0.400. The minimum Gasteiger partial charge on any atom is -0.449 e. The van der Waals surface area contributed by atoms with E-state index in [9.17, 15) is 4.79 Å². The van der Waals surface area contributed by atoms with E-state index in [0.29, 0.717) is 11.3 Å². The molecule has 0 atom stereocenters. The van der Waals surface area contributed by atoms with Gasteiger partial charge in [-0.1, -0.05) is 26.0 Å². The third-order valence-electron chi connectivity index (χ3n) is 3.10. The molecule has 0 saturated heterocycles. The molecule has 0 saturated carbocycles. The van der Waals surface area contributed by atoms with Crippen LogP contribution in [0.25, 0.3) is 11.0 Å². The van der Waals surface area contributed by atoms with Gasteiger partial charge in [0.15, 0.2) is 0 Å². The Morgan fingerprint density at radius 1 is 1.21 bits per heavy atom. The van der Waals surface area contributed by atoms with E-state index >= 15 is 0 Å². The summed E-state index contributed by atoms with van der Waals surface area (Å²) in [6, 6.07) is 7.45. The fourth-order valence-corrected chi connectivity index (χ4v) is 2.22. The number of nitrogen functional groups attached to an aromatic ring is 1. The molecule has 0 unspecified atom stereocenters. The van der Waals surface area contributed by atoms with Crippen LogP contribution in [0.15, 0.2) is 28.7 Å². The smallest absolute Gasteiger partial charge is 0.291 e. The van der Waals surface area contributed by atoms with Crippen molar-refractivity contribution in [2.24, 2.45) is 0 Å². The molecule has 4 nitrogen and oxygen atoms in total. The molecule has 1 aromatic carbocycles. The Balaban J connectivity index is 2.37. The molecule has 0 radical (unpaired) electrons. The molecule has 2 aromatic rings. The number of amides is 1. The van der Waals surface area contributed by atoms with E-state index in [2.05, 4.69) is 13.8 Å². The van der Waals surface area contributed by atoms with Crippen LogP contribution >= 0.6 is 0 Å². The van der Waals surface area contributed by atoms with Crippen molar-refractivity contribution in [3.63, 3.8) is 0 Å². The second kappa shape index (κ2) is 5.78. The Bertz CT molecular complexity index is 569. The molecule has 0 spiro atoms. The Hall–Kier alpha value is -1.97. The van der Waals surface area contributed by atoms with Crippen LogP contribution in [0.1, 0.15) is 37.2 Å². The summed E-state index contributed by atoms with van der Waals surface area (Å²) in [7, 11) is 0. The monoisotopic (exact) mass is 260 g/mol. The third-order valence-corrected chi connectivity index (χ3v) is 3.10. The summed E-state index contributed by atoms with van der Waals surface area (Å²) in [6.45, 7) is 5.56. The summed E-state index contributed by atoms with van der Waals surface area (Å²) in [5, 5.41) is 0.804. The molecule has 19 heavy (non-hydrogen) atoms. The molecule has 1 heterocycles. The second-order valence-corrected chi connectivity index (χ2v) is 4.63. The standard InChI is InChI=1S/C15H20N2O2/c1-3-9-17(10-4-2)15(18)14-13(16)11-7-5-6-8-12(11)19-14/h5-8H,3-4,9-10,16H2,1-2H3. The van der Waals surface area contributed by atoms with E-state index in [0.717, 1.165) is 31.3 Å². The van der Waals surface area contributed by atoms with Crippen LogP contribution < -0.4 is 5.73 Å². The minimum absolute atomic E-state index is 0.114. The number of hydrogen-bond acceptors (Lipinski definition) is 3. The predicted octanol–water partition coefficient (Wildman–Crippen LogP) is 3.28. The van der Waals surface area contributed by atoms with E-state index in [4.69, 9.17) is 10.2 Å². The molecule has 0 fully saturated rings. The van der Waals surface area contributed by atoms with Gasteiger partial charge < -0.3 is 15.1 Å². The molecule has 4 heteroatoms. The van der Waals surface area contributed by atoms with Crippen molar-refractivity contribution in [1.29, 1.82) is 0 Å². The van der Waals surface area contributed by atoms with E-state index < -0.39 is 0 Å². The quantitative estimate of drug-likeness (QED) is 0.897. The number of furan rings is 1. The molecule has 0 bridgehead atoms. The van der Waals surface area contributed by atoms with E-state index in [-0.39, 0.29) is 11.7 Å². The van der Waals surface area contributed by atoms with Gasteiger partial charge in [0.1, 0.15) is 5.58 Å². The third kappa shape index (κ3) is 2.57. The molecule has 0 aliphatic heterocycles. The molecule has 2 N–H and O–H groups in total. The Morgan fingerprint density at radius 2 is 1.84 bits per heavy atom. The van der Waals surface area contributed by atoms with Gasteiger partial charge in [-0.25, -0.2) is 0 Å². The lowest BCUT2D eigenvalue weighted by Crippen LogP contribution is -2.32. The highest BCUT2D eigenvalue weighted by Gasteiger charge is 2.22. The van der Waals surface area contributed by atoms with Gasteiger partial charge in [0.2, 0.25) is 5.76 Å². The number of fused-ring (bicyclic) bond motifs is 1. The molecular formula is C15H20N2O2. The van der Waals surface area contributed by atoms with Gasteiger partial charge in [-0.15, -0.1) is 0 Å². The summed E-state index contributed by atoms with van der Waals surface area (Å²) in [5.41, 5.74) is 7.13. The number of nitrogens with two attached hydrogens (primary N) is 1. The molecule has 102 valence electrons. The van der Waals surface area contributed by atoms with Gasteiger partial charge in [0.05, 0.1) is 5.69 Å². The highest BCUT2D eigenvalue weighted by molar-refractivity contribution is 6.05. The first kappa shape index (κ1) is 13.5. The number of anilines is 1. The van der Waals surface area contributed by atoms with Crippen molar-refractivity contribution in [2.45, 2.75) is 26.7 Å². The number of hydrogen-bond donors (Lipinski definition) is 1. The van der Waals surface area contributed by atoms with E-state index in [1.807, 2.05) is 24.3 Å². The van der Waals surface area contributed by atoms with Crippen molar-refractivity contribution in [3.8, 4) is 0 Å². The average Bonchev–Trinajstić information content (AvgIpc) is 2.76. The van der Waals surface area contributed by atoms with E-state index in [1.165, 1.54) is 0 Å². The van der Waals surface area contributed by atoms with Gasteiger partial charge in [0.25, 0.3) is 5.91 Å². The minimum atomic E-state index is -0.114. The second-order valence-electron chi connectivity index (χ2n) is 4.63. The van der Waals surface area contributed by atoms with Gasteiger partial charge in [-0.3, -0.25) is 4.79 Å². The fourth-order valence-electron chi connectivity index (χ4n) is 2.22. The van der Waals surface area contributed by atoms with Crippen molar-refractivity contribution in [2.75, 3.05) is 18.8 Å². The zero-order valence-corrected chi connectivity index (χ0v) is 11.5. The summed E-state index contributed by atoms with van der Waals surface area (Å²) >= 11 is 0. The zero-order valence-electron chi connectivity index (χ0n) is 11.5. The van der Waals surface area contributed by atoms with Crippen LogP contribution in [0.5, 0.6) is 0 Å². The van der Waals surface area contributed by atoms with Gasteiger partial charge in [0, 0.05) is 18.5 Å². The van der Waals surface area contributed by atoms with Crippen LogP contribution in [0.4, 0.5) is 5.69 Å². The maximum atomic E-state index is 12.5. The van der Waals surface area contributed by atoms with Crippen molar-refractivity contribution in [3.05, 3.63) is 30.0 Å². The maximum Gasteiger partial charge on any atom is 0.291 e. The number of rotatable bonds is 5. The Labute approximate surface area is 113 Å². The normalized spacial score (nSPS) is 10.8. The first-order chi connectivity index (χ1) is 9.19. The highest BCUT2D eigenvalue weighted by atomic mass is 16.3. The van der Waals surface area contributed by atoms with Gasteiger partial charge >= 0.3 is 0 Å². The highest BCUT2D eigenvalue weighted by Crippen LogP contribution is 2.28. The Morgan fingerprint density at radius 3 is 2.42 bits per heavy atom. The average molecular weight is 260 g/mol. The first-order valence-electron chi connectivity index (χ1n) is 6.75. The molecule has 1 amide bonds. The molecule has 2 rings (SSSR count). The zero-order chi connectivity index (χ0) is 13.8. The predicted molar refractivity (Wildman–Crippen MR) is 77.1 cm³/mol. The maximum absolute atomic E-state index is 12.5. The van der Waals surface area contributed by atoms with Gasteiger partial charge in [-0.05, 0) is 25.0 Å². The molecule has 1 aromatic heterocycles. The molecule has 0 aliphatic carbocycles. The molecular weight excluding hydrogens is 240 g/mol. The lowest BCUT2D eigenvalue weighted by Gasteiger charge is -2.20. The summed E-state index contributed by atoms with van der Waals surface area (Å²) < 4.78 is 5.62. The van der Waals surface area contributed by atoms with Crippen molar-refractivity contribution >= 4 is 22.6 Å². The summed E-state index contributed by atoms with van der Waals surface area (Å²) in [5.74, 6) is 0.153. The lowest BCUT2D eigenvalue weighted by molar-refractivity contribution is 0.0727. The van der Waals surface area contributed by atoms with Crippen molar-refractivity contribution in [1.82, 2.24) is 4.90 Å². The lowest BCUT2D eigenvalue weighted by atomic mass is 10.2. The van der Waals surface area contributed by atoms with Crippen LogP contribution in [-0.2, 0) is 0 Å². The Kier molecular flexibility index (Phi) is 4.10. The van der Waals surface area contributed by atoms with Crippen LogP contribution in [0.2, 0.25) is 0 Å². The number of carbonyl (C=O) groups is 1. The summed E-state index contributed by atoms with van der Waals surface area (Å²) in [6.07, 6.45) is 1.84. The first-order valence-corrected chi connectivity index (χ1v) is 6.75. The van der Waals surface area contributed by atoms with Crippen molar-refractivity contribution < 1.29 is 9.21 Å². The topological polar surface area (TPSA) is 59.5 Å². The number of carbonyl (C=O) groups excluding carboxylic acids is 1.